The van der Waals surface area contributed by atoms with Gasteiger partial charge in [0.25, 0.3) is 0 Å². The van der Waals surface area contributed by atoms with E-state index >= 15 is 0 Å². The SMILES string of the molecule is CN(c1cccc(F)c1)C1(CN)CCS(=O)(=O)C1. The predicted molar refractivity (Wildman–Crippen MR) is 69.9 cm³/mol. The van der Waals surface area contributed by atoms with Gasteiger partial charge in [0.1, 0.15) is 5.82 Å². The molecule has 0 radical (unpaired) electrons. The molecule has 1 aliphatic rings. The van der Waals surface area contributed by atoms with Gasteiger partial charge in [0, 0.05) is 19.3 Å². The topological polar surface area (TPSA) is 63.4 Å². The fourth-order valence-electron chi connectivity index (χ4n) is 2.42. The zero-order valence-corrected chi connectivity index (χ0v) is 11.1. The van der Waals surface area contributed by atoms with E-state index in [1.54, 1.807) is 24.1 Å². The van der Waals surface area contributed by atoms with Gasteiger partial charge in [-0.25, -0.2) is 12.8 Å². The molecule has 1 heterocycles. The Hall–Kier alpha value is -1.14. The molecule has 0 saturated carbocycles. The average Bonchev–Trinajstić information content (AvgIpc) is 2.65. The van der Waals surface area contributed by atoms with Gasteiger partial charge in [0.2, 0.25) is 0 Å². The number of benzene rings is 1. The highest BCUT2D eigenvalue weighted by molar-refractivity contribution is 7.91. The number of anilines is 1. The van der Waals surface area contributed by atoms with E-state index in [0.717, 1.165) is 0 Å². The molecule has 1 unspecified atom stereocenters. The molecular formula is C12H17FN2O2S. The molecule has 1 saturated heterocycles. The predicted octanol–water partition coefficient (Wildman–Crippen LogP) is 0.778. The minimum absolute atomic E-state index is 0.0313. The Morgan fingerprint density at radius 3 is 2.72 bits per heavy atom. The molecular weight excluding hydrogens is 255 g/mol. The third-order valence-electron chi connectivity index (χ3n) is 3.65. The minimum Gasteiger partial charge on any atom is -0.366 e. The fraction of sp³-hybridized carbons (Fsp3) is 0.500. The van der Waals surface area contributed by atoms with Crippen molar-refractivity contribution in [2.45, 2.75) is 12.0 Å². The van der Waals surface area contributed by atoms with Crippen molar-refractivity contribution < 1.29 is 12.8 Å². The number of hydrogen-bond donors (Lipinski definition) is 1. The van der Waals surface area contributed by atoms with Gasteiger partial charge in [0.05, 0.1) is 17.0 Å². The number of nitrogens with zero attached hydrogens (tertiary/aromatic N) is 1. The second-order valence-electron chi connectivity index (χ2n) is 4.81. The fourth-order valence-corrected chi connectivity index (χ4v) is 4.53. The lowest BCUT2D eigenvalue weighted by molar-refractivity contribution is 0.461. The average molecular weight is 272 g/mol. The summed E-state index contributed by atoms with van der Waals surface area (Å²) in [6, 6.07) is 6.11. The highest BCUT2D eigenvalue weighted by atomic mass is 32.2. The number of rotatable bonds is 3. The first-order valence-corrected chi connectivity index (χ1v) is 7.61. The van der Waals surface area contributed by atoms with Crippen molar-refractivity contribution >= 4 is 15.5 Å². The van der Waals surface area contributed by atoms with Crippen molar-refractivity contribution in [3.8, 4) is 0 Å². The first kappa shape index (κ1) is 13.3. The Kier molecular flexibility index (Phi) is 3.33. The lowest BCUT2D eigenvalue weighted by Crippen LogP contribution is -2.53. The highest BCUT2D eigenvalue weighted by Crippen LogP contribution is 2.32. The molecule has 1 atom stereocenters. The van der Waals surface area contributed by atoms with E-state index < -0.39 is 15.4 Å². The summed E-state index contributed by atoms with van der Waals surface area (Å²) >= 11 is 0. The Bertz CT molecular complexity index is 547. The summed E-state index contributed by atoms with van der Waals surface area (Å²) in [5, 5.41) is 0. The number of likely N-dealkylation sites (N-methyl/N-ethyl adjacent to an activating group) is 1. The van der Waals surface area contributed by atoms with Crippen LogP contribution in [0.25, 0.3) is 0 Å². The lowest BCUT2D eigenvalue weighted by Gasteiger charge is -2.38. The van der Waals surface area contributed by atoms with E-state index in [4.69, 9.17) is 5.73 Å². The maximum Gasteiger partial charge on any atom is 0.152 e. The van der Waals surface area contributed by atoms with Crippen molar-refractivity contribution in [3.63, 3.8) is 0 Å². The Labute approximate surface area is 107 Å². The van der Waals surface area contributed by atoms with Crippen LogP contribution in [0.3, 0.4) is 0 Å². The van der Waals surface area contributed by atoms with Crippen LogP contribution in [0, 0.1) is 5.82 Å². The van der Waals surface area contributed by atoms with Crippen molar-refractivity contribution in [2.75, 3.05) is 30.0 Å². The molecule has 4 nitrogen and oxygen atoms in total. The second-order valence-corrected chi connectivity index (χ2v) is 6.99. The summed E-state index contributed by atoms with van der Waals surface area (Å²) < 4.78 is 36.5. The van der Waals surface area contributed by atoms with Crippen molar-refractivity contribution in [2.24, 2.45) is 5.73 Å². The van der Waals surface area contributed by atoms with Crippen LogP contribution in [0.5, 0.6) is 0 Å². The van der Waals surface area contributed by atoms with Crippen molar-refractivity contribution in [1.82, 2.24) is 0 Å². The summed E-state index contributed by atoms with van der Waals surface area (Å²) in [5.74, 6) is -0.166. The molecule has 0 bridgehead atoms. The van der Waals surface area contributed by atoms with Gasteiger partial charge < -0.3 is 10.6 Å². The summed E-state index contributed by atoms with van der Waals surface area (Å²) in [4.78, 5) is 1.79. The van der Waals surface area contributed by atoms with E-state index in [9.17, 15) is 12.8 Å². The molecule has 1 fully saturated rings. The Morgan fingerprint density at radius 2 is 2.22 bits per heavy atom. The minimum atomic E-state index is -3.04. The molecule has 2 N–H and O–H groups in total. The van der Waals surface area contributed by atoms with E-state index in [0.29, 0.717) is 12.1 Å². The molecule has 6 heteroatoms. The standard InChI is InChI=1S/C12H17FN2O2S/c1-15(11-4-2-3-10(13)7-11)12(8-14)5-6-18(16,17)9-12/h2-4,7H,5-6,8-9,14H2,1H3. The number of hydrogen-bond acceptors (Lipinski definition) is 4. The van der Waals surface area contributed by atoms with Crippen LogP contribution in [-0.2, 0) is 9.84 Å². The quantitative estimate of drug-likeness (QED) is 0.883. The number of halogens is 1. The van der Waals surface area contributed by atoms with Crippen molar-refractivity contribution in [3.05, 3.63) is 30.1 Å². The van der Waals surface area contributed by atoms with Gasteiger partial charge in [-0.15, -0.1) is 0 Å². The Morgan fingerprint density at radius 1 is 1.50 bits per heavy atom. The first-order valence-electron chi connectivity index (χ1n) is 5.78. The van der Waals surface area contributed by atoms with Gasteiger partial charge >= 0.3 is 0 Å². The lowest BCUT2D eigenvalue weighted by atomic mass is 9.96. The van der Waals surface area contributed by atoms with E-state index in [1.165, 1.54) is 12.1 Å². The van der Waals surface area contributed by atoms with Crippen LogP contribution in [-0.4, -0.2) is 39.1 Å². The molecule has 1 aliphatic heterocycles. The Balaban J connectivity index is 2.34. The van der Waals surface area contributed by atoms with Crippen LogP contribution >= 0.6 is 0 Å². The largest absolute Gasteiger partial charge is 0.366 e. The zero-order chi connectivity index (χ0) is 13.4. The molecule has 1 aromatic rings. The van der Waals surface area contributed by atoms with Crippen LogP contribution in [0.4, 0.5) is 10.1 Å². The van der Waals surface area contributed by atoms with E-state index in [1.807, 2.05) is 0 Å². The zero-order valence-electron chi connectivity index (χ0n) is 10.3. The van der Waals surface area contributed by atoms with Gasteiger partial charge in [-0.05, 0) is 24.6 Å². The second kappa shape index (κ2) is 4.51. The molecule has 18 heavy (non-hydrogen) atoms. The van der Waals surface area contributed by atoms with Crippen LogP contribution in [0.1, 0.15) is 6.42 Å². The molecule has 1 aromatic carbocycles. The highest BCUT2D eigenvalue weighted by Gasteiger charge is 2.44. The van der Waals surface area contributed by atoms with Crippen LogP contribution < -0.4 is 10.6 Å². The third-order valence-corrected chi connectivity index (χ3v) is 5.46. The normalized spacial score (nSPS) is 26.2. The van der Waals surface area contributed by atoms with Crippen molar-refractivity contribution in [1.29, 1.82) is 0 Å². The molecule has 0 aliphatic carbocycles. The summed E-state index contributed by atoms with van der Waals surface area (Å²) in [6.45, 7) is 0.235. The molecule has 0 aromatic heterocycles. The van der Waals surface area contributed by atoms with Gasteiger partial charge in [-0.2, -0.15) is 0 Å². The number of sulfone groups is 1. The molecule has 0 spiro atoms. The van der Waals surface area contributed by atoms with E-state index in [-0.39, 0.29) is 23.9 Å². The van der Waals surface area contributed by atoms with Crippen LogP contribution in [0.2, 0.25) is 0 Å². The summed E-state index contributed by atoms with van der Waals surface area (Å²) in [7, 11) is -1.28. The first-order chi connectivity index (χ1) is 8.38. The maximum absolute atomic E-state index is 13.2. The van der Waals surface area contributed by atoms with Gasteiger partial charge in [-0.1, -0.05) is 6.07 Å². The van der Waals surface area contributed by atoms with Gasteiger partial charge in [0.15, 0.2) is 9.84 Å². The van der Waals surface area contributed by atoms with Crippen LogP contribution in [0.15, 0.2) is 24.3 Å². The smallest absolute Gasteiger partial charge is 0.152 e. The monoisotopic (exact) mass is 272 g/mol. The van der Waals surface area contributed by atoms with Gasteiger partial charge in [-0.3, -0.25) is 0 Å². The summed E-state index contributed by atoms with van der Waals surface area (Å²) in [5.41, 5.74) is 5.80. The molecule has 0 amide bonds. The summed E-state index contributed by atoms with van der Waals surface area (Å²) in [6.07, 6.45) is 0.485. The van der Waals surface area contributed by atoms with E-state index in [2.05, 4.69) is 0 Å². The molecule has 100 valence electrons. The maximum atomic E-state index is 13.2. The number of nitrogens with two attached hydrogens (primary N) is 1. The third kappa shape index (κ3) is 2.35. The molecule has 2 rings (SSSR count).